The molecule has 2 heterocycles. The van der Waals surface area contributed by atoms with E-state index in [9.17, 15) is 27.6 Å². The zero-order chi connectivity index (χ0) is 27.2. The molecule has 0 saturated carbocycles. The number of hydrogen-bond donors (Lipinski definition) is 5. The Bertz CT molecular complexity index is 1340. The summed E-state index contributed by atoms with van der Waals surface area (Å²) in [6.07, 6.45) is -3.10. The number of hydrogen-bond acceptors (Lipinski definition) is 7. The first kappa shape index (κ1) is 27.0. The molecule has 6 N–H and O–H groups in total. The van der Waals surface area contributed by atoms with Gasteiger partial charge in [0.25, 0.3) is 5.56 Å². The Hall–Kier alpha value is -4.62. The fourth-order valence-corrected chi connectivity index (χ4v) is 3.20. The molecule has 3 aromatic rings. The van der Waals surface area contributed by atoms with Gasteiger partial charge >= 0.3 is 12.2 Å². The summed E-state index contributed by atoms with van der Waals surface area (Å²) in [5.74, 6) is -0.295. The van der Waals surface area contributed by atoms with E-state index < -0.39 is 29.2 Å². The van der Waals surface area contributed by atoms with Gasteiger partial charge in [0.1, 0.15) is 12.4 Å². The number of alkyl halides is 3. The summed E-state index contributed by atoms with van der Waals surface area (Å²) in [5, 5.41) is 5.15. The predicted molar refractivity (Wildman–Crippen MR) is 129 cm³/mol. The van der Waals surface area contributed by atoms with Gasteiger partial charge in [-0.05, 0) is 43.2 Å². The number of carbonyl (C=O) groups excluding carboxylic acids is 2. The number of nitrogens with zero attached hydrogens (tertiary/aromatic N) is 3. The standard InChI is InChI=1S/C23H25F3N8O3/c1-13-9-29-20(32-33-22(37)30-10-15-3-6-17(7-4-15)23(24,25)26)21(36)34(13)12-19(35)28-11-16-5-8-18(27)31-14(16)2/h3-9H,10-12H2,1-2H3,(H2,27,31)(H,28,35)(H,29,32)(H2,30,33,37). The smallest absolute Gasteiger partial charge is 0.384 e. The van der Waals surface area contributed by atoms with Gasteiger partial charge in [0.2, 0.25) is 11.7 Å². The Kier molecular flexibility index (Phi) is 8.32. The molecule has 0 fully saturated rings. The minimum absolute atomic E-state index is 0.0552. The Morgan fingerprint density at radius 2 is 1.73 bits per heavy atom. The maximum Gasteiger partial charge on any atom is 0.416 e. The lowest BCUT2D eigenvalue weighted by Gasteiger charge is -2.14. The quantitative estimate of drug-likeness (QED) is 0.286. The number of nitrogens with two attached hydrogens (primary N) is 1. The zero-order valence-electron chi connectivity index (χ0n) is 19.9. The minimum Gasteiger partial charge on any atom is -0.384 e. The van der Waals surface area contributed by atoms with Crippen LogP contribution in [0.3, 0.4) is 0 Å². The van der Waals surface area contributed by atoms with Gasteiger partial charge in [-0.25, -0.2) is 14.8 Å². The molecule has 0 bridgehead atoms. The molecule has 0 atom stereocenters. The molecule has 37 heavy (non-hydrogen) atoms. The van der Waals surface area contributed by atoms with Crippen molar-refractivity contribution in [1.29, 1.82) is 0 Å². The van der Waals surface area contributed by atoms with Crippen LogP contribution in [0.1, 0.15) is 28.1 Å². The molecule has 0 aliphatic carbocycles. The molecule has 0 unspecified atom stereocenters. The molecule has 2 aromatic heterocycles. The summed E-state index contributed by atoms with van der Waals surface area (Å²) >= 11 is 0. The molecule has 0 aliphatic heterocycles. The number of halogens is 3. The maximum atomic E-state index is 12.8. The number of carbonyl (C=O) groups is 2. The van der Waals surface area contributed by atoms with Crippen LogP contribution >= 0.6 is 0 Å². The van der Waals surface area contributed by atoms with E-state index in [1.165, 1.54) is 22.9 Å². The summed E-state index contributed by atoms with van der Waals surface area (Å²) < 4.78 is 39.1. The fourth-order valence-electron chi connectivity index (χ4n) is 3.20. The molecule has 0 aliphatic rings. The van der Waals surface area contributed by atoms with Gasteiger partial charge in [-0.15, -0.1) is 0 Å². The molecular weight excluding hydrogens is 493 g/mol. The number of urea groups is 1. The first-order chi connectivity index (χ1) is 17.4. The van der Waals surface area contributed by atoms with Crippen LogP contribution in [0.2, 0.25) is 0 Å². The van der Waals surface area contributed by atoms with Gasteiger partial charge < -0.3 is 16.4 Å². The lowest BCUT2D eigenvalue weighted by atomic mass is 10.1. The van der Waals surface area contributed by atoms with E-state index in [0.717, 1.165) is 17.7 Å². The van der Waals surface area contributed by atoms with Gasteiger partial charge in [0.15, 0.2) is 0 Å². The molecule has 1 aromatic carbocycles. The van der Waals surface area contributed by atoms with Crippen LogP contribution < -0.4 is 32.8 Å². The first-order valence-corrected chi connectivity index (χ1v) is 10.9. The molecule has 14 heteroatoms. The molecule has 196 valence electrons. The summed E-state index contributed by atoms with van der Waals surface area (Å²) in [5.41, 5.74) is 11.1. The number of aryl methyl sites for hydroxylation is 2. The molecule has 11 nitrogen and oxygen atoms in total. The summed E-state index contributed by atoms with van der Waals surface area (Å²) in [7, 11) is 0. The van der Waals surface area contributed by atoms with Crippen LogP contribution in [0, 0.1) is 13.8 Å². The summed E-state index contributed by atoms with van der Waals surface area (Å²) in [4.78, 5) is 45.3. The van der Waals surface area contributed by atoms with Crippen molar-refractivity contribution in [3.63, 3.8) is 0 Å². The number of aromatic nitrogens is 3. The minimum atomic E-state index is -4.45. The van der Waals surface area contributed by atoms with Crippen molar-refractivity contribution in [2.45, 2.75) is 39.7 Å². The largest absolute Gasteiger partial charge is 0.416 e. The third kappa shape index (κ3) is 7.43. The van der Waals surface area contributed by atoms with Crippen LogP contribution in [0.15, 0.2) is 47.4 Å². The average molecular weight is 519 g/mol. The van der Waals surface area contributed by atoms with Crippen molar-refractivity contribution in [1.82, 2.24) is 30.6 Å². The number of hydrazine groups is 1. The van der Waals surface area contributed by atoms with E-state index in [2.05, 4.69) is 31.5 Å². The van der Waals surface area contributed by atoms with Crippen molar-refractivity contribution >= 4 is 23.6 Å². The van der Waals surface area contributed by atoms with Gasteiger partial charge in [-0.2, -0.15) is 13.2 Å². The molecule has 0 saturated heterocycles. The second kappa shape index (κ2) is 11.4. The zero-order valence-corrected chi connectivity index (χ0v) is 19.9. The summed E-state index contributed by atoms with van der Waals surface area (Å²) in [6.45, 7) is 3.22. The second-order valence-corrected chi connectivity index (χ2v) is 8.02. The van der Waals surface area contributed by atoms with Crippen LogP contribution in [0.5, 0.6) is 0 Å². The lowest BCUT2D eigenvalue weighted by molar-refractivity contribution is -0.137. The Balaban J connectivity index is 1.54. The highest BCUT2D eigenvalue weighted by atomic mass is 19.4. The number of nitrogens with one attached hydrogen (secondary N) is 4. The predicted octanol–water partition coefficient (Wildman–Crippen LogP) is 2.00. The van der Waals surface area contributed by atoms with Crippen molar-refractivity contribution < 1.29 is 22.8 Å². The maximum absolute atomic E-state index is 12.8. The van der Waals surface area contributed by atoms with Gasteiger partial charge in [0, 0.05) is 30.7 Å². The van der Waals surface area contributed by atoms with E-state index in [4.69, 9.17) is 5.73 Å². The van der Waals surface area contributed by atoms with Crippen molar-refractivity contribution in [2.24, 2.45) is 0 Å². The normalized spacial score (nSPS) is 11.1. The van der Waals surface area contributed by atoms with Crippen LogP contribution in [-0.2, 0) is 30.6 Å². The van der Waals surface area contributed by atoms with Gasteiger partial charge in [-0.1, -0.05) is 18.2 Å². The van der Waals surface area contributed by atoms with E-state index in [1.807, 2.05) is 0 Å². The molecule has 0 spiro atoms. The number of anilines is 2. The average Bonchev–Trinajstić information content (AvgIpc) is 2.84. The van der Waals surface area contributed by atoms with Crippen LogP contribution in [-0.4, -0.2) is 26.5 Å². The fraction of sp³-hybridized carbons (Fsp3) is 0.261. The molecule has 3 rings (SSSR count). The van der Waals surface area contributed by atoms with Crippen molar-refractivity contribution in [2.75, 3.05) is 11.2 Å². The number of pyridine rings is 1. The second-order valence-electron chi connectivity index (χ2n) is 8.02. The van der Waals surface area contributed by atoms with Crippen LogP contribution in [0.4, 0.5) is 29.6 Å². The van der Waals surface area contributed by atoms with E-state index >= 15 is 0 Å². The third-order valence-electron chi connectivity index (χ3n) is 5.28. The monoisotopic (exact) mass is 518 g/mol. The van der Waals surface area contributed by atoms with Crippen molar-refractivity contribution in [3.05, 3.63) is 81.0 Å². The van der Waals surface area contributed by atoms with E-state index in [1.54, 1.807) is 26.0 Å². The van der Waals surface area contributed by atoms with E-state index in [-0.39, 0.29) is 25.5 Å². The number of amides is 3. The summed E-state index contributed by atoms with van der Waals surface area (Å²) in [6, 6.07) is 6.93. The first-order valence-electron chi connectivity index (χ1n) is 10.9. The highest BCUT2D eigenvalue weighted by Crippen LogP contribution is 2.29. The highest BCUT2D eigenvalue weighted by molar-refractivity contribution is 5.76. The van der Waals surface area contributed by atoms with E-state index in [0.29, 0.717) is 22.8 Å². The lowest BCUT2D eigenvalue weighted by Crippen LogP contribution is -2.41. The van der Waals surface area contributed by atoms with Crippen LogP contribution in [0.25, 0.3) is 0 Å². The number of nitrogen functional groups attached to an aromatic ring is 1. The number of rotatable bonds is 8. The number of benzene rings is 1. The Morgan fingerprint density at radius 1 is 1.03 bits per heavy atom. The SMILES string of the molecule is Cc1nc(N)ccc1CNC(=O)Cn1c(C)cnc(NNC(=O)NCc2ccc(C(F)(F)F)cc2)c1=O. The third-order valence-corrected chi connectivity index (χ3v) is 5.28. The molecular formula is C23H25F3N8O3. The highest BCUT2D eigenvalue weighted by Gasteiger charge is 2.29. The van der Waals surface area contributed by atoms with Gasteiger partial charge in [0.05, 0.1) is 5.56 Å². The van der Waals surface area contributed by atoms with Crippen molar-refractivity contribution in [3.8, 4) is 0 Å². The molecule has 3 amide bonds. The van der Waals surface area contributed by atoms with Gasteiger partial charge in [-0.3, -0.25) is 25.0 Å². The Morgan fingerprint density at radius 3 is 2.38 bits per heavy atom. The molecule has 0 radical (unpaired) electrons. The Labute approximate surface area is 209 Å². The topological polar surface area (TPSA) is 156 Å².